The molecule has 0 aromatic carbocycles. The topological polar surface area (TPSA) is 49.7 Å². The van der Waals surface area contributed by atoms with Crippen molar-refractivity contribution in [2.75, 3.05) is 0 Å². The van der Waals surface area contributed by atoms with Gasteiger partial charge in [-0.1, -0.05) is 0 Å². The molecule has 3 nitrogen and oxygen atoms in total. The molecule has 2 unspecified atom stereocenters. The second-order valence-electron chi connectivity index (χ2n) is 2.74. The minimum absolute atomic E-state index is 0.767. The molecule has 0 fully saturated rings. The number of alkyl halides is 2. The van der Waals surface area contributed by atoms with E-state index in [9.17, 15) is 22.0 Å². The van der Waals surface area contributed by atoms with Gasteiger partial charge >= 0.3 is 7.32 Å². The molecule has 0 amide bonds. The Morgan fingerprint density at radius 2 is 1.69 bits per heavy atom. The molecule has 1 aliphatic carbocycles. The number of hydrogen-bond acceptors (Lipinski definition) is 3. The Morgan fingerprint density at radius 1 is 1.19 bits per heavy atom. The summed E-state index contributed by atoms with van der Waals surface area (Å²) >= 11 is 0.767. The van der Waals surface area contributed by atoms with Crippen molar-refractivity contribution >= 4 is 29.9 Å². The second kappa shape index (κ2) is 4.59. The lowest BCUT2D eigenvalue weighted by Crippen LogP contribution is -2.45. The Kier molecular flexibility index (Phi) is 3.97. The molecule has 0 aromatic rings. The highest BCUT2D eigenvalue weighted by atomic mass is 127. The van der Waals surface area contributed by atoms with Crippen LogP contribution < -0.4 is 0 Å². The van der Waals surface area contributed by atoms with Crippen LogP contribution in [0.1, 0.15) is 0 Å². The lowest BCUT2D eigenvalue weighted by molar-refractivity contribution is 0.0461. The summed E-state index contributed by atoms with van der Waals surface area (Å²) in [4.78, 5) is 0. The van der Waals surface area contributed by atoms with Gasteiger partial charge < -0.3 is 14.7 Å². The first-order valence-corrected chi connectivity index (χ1v) is 4.78. The van der Waals surface area contributed by atoms with Crippen molar-refractivity contribution < 1.29 is 36.7 Å². The lowest BCUT2D eigenvalue weighted by Gasteiger charge is -2.31. The second-order valence-corrected chi connectivity index (χ2v) is 4.34. The largest absolute Gasteiger partial charge is 0.635 e. The van der Waals surface area contributed by atoms with Crippen LogP contribution in [0.2, 0.25) is 0 Å². The van der Waals surface area contributed by atoms with Crippen molar-refractivity contribution in [1.82, 2.24) is 0 Å². The molecular weight excluding hydrogens is 353 g/mol. The van der Waals surface area contributed by atoms with Crippen LogP contribution in [0.15, 0.2) is 23.3 Å². The molecule has 0 bridgehead atoms. The molecule has 0 spiro atoms. The van der Waals surface area contributed by atoms with Crippen LogP contribution in [0.5, 0.6) is 0 Å². The predicted octanol–water partition coefficient (Wildman–Crippen LogP) is 1.76. The minimum atomic E-state index is -3.03. The first-order chi connectivity index (χ1) is 7.21. The molecule has 2 atom stereocenters. The van der Waals surface area contributed by atoms with E-state index in [1.807, 2.05) is 0 Å². The molecule has 0 aliphatic heterocycles. The van der Waals surface area contributed by atoms with Gasteiger partial charge in [0.05, 0.1) is 0 Å². The SMILES string of the molecule is OB(O)OC1(I)C(F)=C(F)C(F)=C(F)C1F. The van der Waals surface area contributed by atoms with E-state index in [1.54, 1.807) is 0 Å². The third-order valence-corrected chi connectivity index (χ3v) is 2.99. The molecule has 90 valence electrons. The van der Waals surface area contributed by atoms with Gasteiger partial charge in [-0.05, 0) is 22.6 Å². The summed E-state index contributed by atoms with van der Waals surface area (Å²) in [6.07, 6.45) is -3.03. The van der Waals surface area contributed by atoms with Gasteiger partial charge in [-0.2, -0.15) is 0 Å². The van der Waals surface area contributed by atoms with Gasteiger partial charge in [0.25, 0.3) is 0 Å². The highest BCUT2D eigenvalue weighted by molar-refractivity contribution is 14.1. The zero-order valence-electron chi connectivity index (χ0n) is 7.23. The number of allylic oxidation sites excluding steroid dienone is 2. The maximum Gasteiger partial charge on any atom is 0.635 e. The lowest BCUT2D eigenvalue weighted by atomic mass is 10.0. The van der Waals surface area contributed by atoms with E-state index in [0.717, 1.165) is 22.6 Å². The Hall–Kier alpha value is -0.195. The highest BCUT2D eigenvalue weighted by Gasteiger charge is 2.54. The van der Waals surface area contributed by atoms with E-state index in [2.05, 4.69) is 4.65 Å². The van der Waals surface area contributed by atoms with Crippen molar-refractivity contribution in [2.45, 2.75) is 9.78 Å². The third kappa shape index (κ3) is 2.10. The van der Waals surface area contributed by atoms with Crippen LogP contribution in [-0.4, -0.2) is 27.1 Å². The van der Waals surface area contributed by atoms with E-state index >= 15 is 0 Å². The normalized spacial score (nSPS) is 31.1. The van der Waals surface area contributed by atoms with Gasteiger partial charge in [0.2, 0.25) is 3.61 Å². The number of rotatable bonds is 2. The quantitative estimate of drug-likeness (QED) is 0.343. The van der Waals surface area contributed by atoms with E-state index < -0.39 is 40.4 Å². The first-order valence-electron chi connectivity index (χ1n) is 3.70. The van der Waals surface area contributed by atoms with Crippen LogP contribution in [0.4, 0.5) is 22.0 Å². The van der Waals surface area contributed by atoms with Gasteiger partial charge in [-0.15, -0.1) is 0 Å². The van der Waals surface area contributed by atoms with Crippen molar-refractivity contribution in [3.8, 4) is 0 Å². The van der Waals surface area contributed by atoms with E-state index in [1.165, 1.54) is 0 Å². The van der Waals surface area contributed by atoms with Gasteiger partial charge in [0, 0.05) is 0 Å². The molecule has 0 aromatic heterocycles. The summed E-state index contributed by atoms with van der Waals surface area (Å²) in [7, 11) is -2.68. The molecule has 0 saturated heterocycles. The zero-order valence-corrected chi connectivity index (χ0v) is 9.38. The molecule has 1 aliphatic rings. The van der Waals surface area contributed by atoms with Crippen molar-refractivity contribution in [3.05, 3.63) is 23.3 Å². The van der Waals surface area contributed by atoms with Crippen LogP contribution >= 0.6 is 22.6 Å². The summed E-state index contributed by atoms with van der Waals surface area (Å²) in [6.45, 7) is 0. The fraction of sp³-hybridized carbons (Fsp3) is 0.333. The average Bonchev–Trinajstić information content (AvgIpc) is 2.21. The van der Waals surface area contributed by atoms with Gasteiger partial charge in [-0.3, -0.25) is 0 Å². The fourth-order valence-electron chi connectivity index (χ4n) is 1.00. The Bertz CT molecular complexity index is 373. The van der Waals surface area contributed by atoms with Crippen molar-refractivity contribution in [2.24, 2.45) is 0 Å². The van der Waals surface area contributed by atoms with Crippen molar-refractivity contribution in [1.29, 1.82) is 0 Å². The predicted molar refractivity (Wildman–Crippen MR) is 51.4 cm³/mol. The Morgan fingerprint density at radius 3 is 2.12 bits per heavy atom. The smallest absolute Gasteiger partial charge is 0.402 e. The van der Waals surface area contributed by atoms with Crippen molar-refractivity contribution in [3.63, 3.8) is 0 Å². The van der Waals surface area contributed by atoms with E-state index in [0.29, 0.717) is 0 Å². The summed E-state index contributed by atoms with van der Waals surface area (Å²) in [5.41, 5.74) is 0. The van der Waals surface area contributed by atoms with Gasteiger partial charge in [0.15, 0.2) is 29.5 Å². The van der Waals surface area contributed by atoms with E-state index in [4.69, 9.17) is 10.0 Å². The Balaban J connectivity index is 3.24. The third-order valence-electron chi connectivity index (χ3n) is 1.72. The summed E-state index contributed by atoms with van der Waals surface area (Å²) < 4.78 is 65.3. The van der Waals surface area contributed by atoms with Crippen LogP contribution in [0, 0.1) is 0 Å². The maximum atomic E-state index is 13.2. The monoisotopic (exact) mass is 356 g/mol. The molecule has 0 heterocycles. The van der Waals surface area contributed by atoms with E-state index in [-0.39, 0.29) is 0 Å². The zero-order chi connectivity index (χ0) is 12.7. The van der Waals surface area contributed by atoms with Crippen LogP contribution in [0.3, 0.4) is 0 Å². The number of halogens is 6. The van der Waals surface area contributed by atoms with Crippen LogP contribution in [0.25, 0.3) is 0 Å². The Labute approximate surface area is 99.9 Å². The summed E-state index contributed by atoms with van der Waals surface area (Å²) in [6, 6.07) is 0. The highest BCUT2D eigenvalue weighted by Crippen LogP contribution is 2.47. The maximum absolute atomic E-state index is 13.2. The first kappa shape index (κ1) is 13.9. The number of hydrogen-bond donors (Lipinski definition) is 2. The standard InChI is InChI=1S/C6H3BF5IO3/c8-1-2(9)4(11)6(13,16-7(14)15)5(12)3(1)10/h4,14-15H. The minimum Gasteiger partial charge on any atom is -0.402 e. The molecular formula is C6H3BF5IO3. The average molecular weight is 356 g/mol. The molecule has 0 saturated carbocycles. The molecule has 0 radical (unpaired) electrons. The summed E-state index contributed by atoms with van der Waals surface area (Å²) in [5.74, 6) is -8.91. The fourth-order valence-corrected chi connectivity index (χ4v) is 1.74. The van der Waals surface area contributed by atoms with Crippen LogP contribution in [-0.2, 0) is 4.65 Å². The summed E-state index contributed by atoms with van der Waals surface area (Å²) in [5, 5.41) is 16.7. The molecule has 2 N–H and O–H groups in total. The molecule has 16 heavy (non-hydrogen) atoms. The molecule has 1 rings (SSSR count). The van der Waals surface area contributed by atoms with Gasteiger partial charge in [0.1, 0.15) is 0 Å². The molecule has 10 heteroatoms. The van der Waals surface area contributed by atoms with Gasteiger partial charge in [-0.25, -0.2) is 22.0 Å².